The quantitative estimate of drug-likeness (QED) is 0.806. The molecule has 1 N–H and O–H groups in total. The summed E-state index contributed by atoms with van der Waals surface area (Å²) in [5.74, 6) is -0.956. The number of carboxylic acids is 1. The zero-order valence-electron chi connectivity index (χ0n) is 7.99. The van der Waals surface area contributed by atoms with Gasteiger partial charge in [-0.05, 0) is 30.7 Å². The van der Waals surface area contributed by atoms with Crippen LogP contribution in [0.1, 0.15) is 15.9 Å². The van der Waals surface area contributed by atoms with E-state index in [2.05, 4.69) is 4.98 Å². The molecule has 1 aromatic heterocycles. The lowest BCUT2D eigenvalue weighted by atomic mass is 10.1. The van der Waals surface area contributed by atoms with Gasteiger partial charge in [-0.3, -0.25) is 4.98 Å². The molecule has 0 amide bonds. The molecule has 0 spiro atoms. The minimum Gasteiger partial charge on any atom is -0.478 e. The molecule has 0 bridgehead atoms. The second-order valence-corrected chi connectivity index (χ2v) is 3.72. The van der Waals surface area contributed by atoms with Crippen molar-refractivity contribution in [2.45, 2.75) is 6.92 Å². The largest absolute Gasteiger partial charge is 0.478 e. The summed E-state index contributed by atoms with van der Waals surface area (Å²) in [6.45, 7) is 1.72. The van der Waals surface area contributed by atoms with Crippen LogP contribution in [0, 0.1) is 6.92 Å². The molecule has 0 aliphatic heterocycles. The summed E-state index contributed by atoms with van der Waals surface area (Å²) in [5, 5.41) is 10.2. The van der Waals surface area contributed by atoms with Crippen LogP contribution in [0.3, 0.4) is 0 Å². The van der Waals surface area contributed by atoms with Crippen molar-refractivity contribution in [1.82, 2.24) is 4.98 Å². The highest BCUT2D eigenvalue weighted by Gasteiger charge is 2.12. The van der Waals surface area contributed by atoms with Gasteiger partial charge in [0.05, 0.1) is 11.1 Å². The molecule has 0 atom stereocenters. The smallest absolute Gasteiger partial charge is 0.336 e. The van der Waals surface area contributed by atoms with Gasteiger partial charge in [0, 0.05) is 16.6 Å². The summed E-state index contributed by atoms with van der Waals surface area (Å²) < 4.78 is 0. The summed E-state index contributed by atoms with van der Waals surface area (Å²) in [6, 6.07) is 5.03. The predicted octanol–water partition coefficient (Wildman–Crippen LogP) is 2.89. The van der Waals surface area contributed by atoms with Gasteiger partial charge in [-0.15, -0.1) is 0 Å². The fourth-order valence-electron chi connectivity index (χ4n) is 1.55. The summed E-state index contributed by atoms with van der Waals surface area (Å²) in [7, 11) is 0. The molecule has 0 saturated carbocycles. The number of halogens is 1. The van der Waals surface area contributed by atoms with Gasteiger partial charge in [-0.2, -0.15) is 0 Å². The monoisotopic (exact) mass is 221 g/mol. The Labute approximate surface area is 91.3 Å². The van der Waals surface area contributed by atoms with Crippen molar-refractivity contribution >= 4 is 28.5 Å². The Bertz CT molecular complexity index is 546. The summed E-state index contributed by atoms with van der Waals surface area (Å²) in [6.07, 6.45) is 1.56. The van der Waals surface area contributed by atoms with E-state index in [-0.39, 0.29) is 5.56 Å². The molecule has 76 valence electrons. The van der Waals surface area contributed by atoms with Gasteiger partial charge in [0.15, 0.2) is 0 Å². The second-order valence-electron chi connectivity index (χ2n) is 3.28. The Morgan fingerprint density at radius 3 is 2.87 bits per heavy atom. The number of carbonyl (C=O) groups is 1. The van der Waals surface area contributed by atoms with Crippen LogP contribution in [0.2, 0.25) is 5.02 Å². The van der Waals surface area contributed by atoms with Gasteiger partial charge in [0.2, 0.25) is 0 Å². The van der Waals surface area contributed by atoms with E-state index in [0.717, 1.165) is 0 Å². The number of hydrogen-bond donors (Lipinski definition) is 1. The Morgan fingerprint density at radius 2 is 2.20 bits per heavy atom. The van der Waals surface area contributed by atoms with Crippen LogP contribution < -0.4 is 0 Å². The van der Waals surface area contributed by atoms with Crippen molar-refractivity contribution in [2.75, 3.05) is 0 Å². The number of carboxylic acid groups (broad SMARTS) is 1. The second kappa shape index (κ2) is 3.51. The van der Waals surface area contributed by atoms with E-state index in [9.17, 15) is 4.79 Å². The number of aromatic nitrogens is 1. The molecular formula is C11H8ClNO2. The minimum atomic E-state index is -0.956. The molecule has 4 heteroatoms. The zero-order chi connectivity index (χ0) is 11.0. The molecule has 2 aromatic rings. The molecule has 0 fully saturated rings. The molecule has 0 unspecified atom stereocenters. The first kappa shape index (κ1) is 9.93. The predicted molar refractivity (Wildman–Crippen MR) is 58.4 cm³/mol. The van der Waals surface area contributed by atoms with Gasteiger partial charge in [0.25, 0.3) is 0 Å². The molecule has 15 heavy (non-hydrogen) atoms. The standard InChI is InChI=1S/C11H8ClNO2/c1-6-5-13-9-3-2-7(12)4-8(9)10(6)11(14)15/h2-5H,1H3,(H,14,15). The van der Waals surface area contributed by atoms with Crippen molar-refractivity contribution in [1.29, 1.82) is 0 Å². The third-order valence-electron chi connectivity index (χ3n) is 2.23. The summed E-state index contributed by atoms with van der Waals surface area (Å²) in [5.41, 5.74) is 1.54. The molecule has 1 aromatic carbocycles. The highest BCUT2D eigenvalue weighted by molar-refractivity contribution is 6.31. The average Bonchev–Trinajstić information content (AvgIpc) is 2.16. The first-order valence-electron chi connectivity index (χ1n) is 4.38. The van der Waals surface area contributed by atoms with Gasteiger partial charge < -0.3 is 5.11 Å². The molecule has 0 saturated heterocycles. The number of aryl methyl sites for hydroxylation is 1. The lowest BCUT2D eigenvalue weighted by molar-refractivity contribution is 0.0698. The number of pyridine rings is 1. The molecule has 0 radical (unpaired) electrons. The van der Waals surface area contributed by atoms with Crippen LogP contribution in [-0.4, -0.2) is 16.1 Å². The fourth-order valence-corrected chi connectivity index (χ4v) is 1.72. The van der Waals surface area contributed by atoms with Gasteiger partial charge in [-0.25, -0.2) is 4.79 Å². The number of aromatic carboxylic acids is 1. The molecule has 0 aliphatic carbocycles. The first-order chi connectivity index (χ1) is 7.09. The number of hydrogen-bond acceptors (Lipinski definition) is 2. The maximum Gasteiger partial charge on any atom is 0.336 e. The lowest BCUT2D eigenvalue weighted by Gasteiger charge is -2.05. The third kappa shape index (κ3) is 1.66. The van der Waals surface area contributed by atoms with E-state index in [1.165, 1.54) is 0 Å². The third-order valence-corrected chi connectivity index (χ3v) is 2.47. The van der Waals surface area contributed by atoms with Crippen LogP contribution in [0.4, 0.5) is 0 Å². The van der Waals surface area contributed by atoms with Gasteiger partial charge in [-0.1, -0.05) is 11.6 Å². The highest BCUT2D eigenvalue weighted by Crippen LogP contribution is 2.23. The molecule has 1 heterocycles. The van der Waals surface area contributed by atoms with E-state index in [0.29, 0.717) is 21.5 Å². The van der Waals surface area contributed by atoms with E-state index in [4.69, 9.17) is 16.7 Å². The van der Waals surface area contributed by atoms with E-state index in [1.807, 2.05) is 0 Å². The molecule has 3 nitrogen and oxygen atoms in total. The fraction of sp³-hybridized carbons (Fsp3) is 0.0909. The maximum atomic E-state index is 11.1. The number of benzene rings is 1. The maximum absolute atomic E-state index is 11.1. The topological polar surface area (TPSA) is 50.2 Å². The Morgan fingerprint density at radius 1 is 1.47 bits per heavy atom. The van der Waals surface area contributed by atoms with Crippen molar-refractivity contribution in [2.24, 2.45) is 0 Å². The SMILES string of the molecule is Cc1cnc2ccc(Cl)cc2c1C(=O)O. The van der Waals surface area contributed by atoms with Crippen molar-refractivity contribution in [3.05, 3.63) is 40.5 Å². The van der Waals surface area contributed by atoms with Crippen molar-refractivity contribution < 1.29 is 9.90 Å². The van der Waals surface area contributed by atoms with E-state index in [1.54, 1.807) is 31.3 Å². The van der Waals surface area contributed by atoms with Crippen LogP contribution in [0.25, 0.3) is 10.9 Å². The van der Waals surface area contributed by atoms with Crippen LogP contribution in [0.15, 0.2) is 24.4 Å². The average molecular weight is 222 g/mol. The Balaban J connectivity index is 2.90. The number of rotatable bonds is 1. The summed E-state index contributed by atoms with van der Waals surface area (Å²) in [4.78, 5) is 15.2. The van der Waals surface area contributed by atoms with Crippen molar-refractivity contribution in [3.63, 3.8) is 0 Å². The number of nitrogens with zero attached hydrogens (tertiary/aromatic N) is 1. The van der Waals surface area contributed by atoms with E-state index >= 15 is 0 Å². The van der Waals surface area contributed by atoms with Crippen LogP contribution >= 0.6 is 11.6 Å². The zero-order valence-corrected chi connectivity index (χ0v) is 8.75. The van der Waals surface area contributed by atoms with E-state index < -0.39 is 5.97 Å². The first-order valence-corrected chi connectivity index (χ1v) is 4.75. The number of fused-ring (bicyclic) bond motifs is 1. The summed E-state index contributed by atoms with van der Waals surface area (Å²) >= 11 is 5.83. The molecular weight excluding hydrogens is 214 g/mol. The molecule has 0 aliphatic rings. The molecule has 2 rings (SSSR count). The van der Waals surface area contributed by atoms with Crippen molar-refractivity contribution in [3.8, 4) is 0 Å². The van der Waals surface area contributed by atoms with Gasteiger partial charge >= 0.3 is 5.97 Å². The van der Waals surface area contributed by atoms with Crippen LogP contribution in [0.5, 0.6) is 0 Å². The van der Waals surface area contributed by atoms with Gasteiger partial charge in [0.1, 0.15) is 0 Å². The highest BCUT2D eigenvalue weighted by atomic mass is 35.5. The Hall–Kier alpha value is -1.61. The Kier molecular flexibility index (Phi) is 2.32. The lowest BCUT2D eigenvalue weighted by Crippen LogP contribution is -2.01. The normalized spacial score (nSPS) is 10.5. The van der Waals surface area contributed by atoms with Crippen LogP contribution in [-0.2, 0) is 0 Å². The minimum absolute atomic E-state index is 0.266.